The summed E-state index contributed by atoms with van der Waals surface area (Å²) in [5, 5.41) is 7.98. The van der Waals surface area contributed by atoms with Gasteiger partial charge in [-0.15, -0.1) is 5.10 Å². The van der Waals surface area contributed by atoms with E-state index in [2.05, 4.69) is 5.32 Å². The molecule has 2 aromatic carbocycles. The molecule has 0 spiro atoms. The van der Waals surface area contributed by atoms with Crippen molar-refractivity contribution in [2.45, 2.75) is 26.8 Å². The highest BCUT2D eigenvalue weighted by molar-refractivity contribution is 5.92. The first-order chi connectivity index (χ1) is 14.5. The average molecular weight is 404 g/mol. The number of allylic oxidation sites excluding steroid dienone is 1. The van der Waals surface area contributed by atoms with Crippen LogP contribution >= 0.6 is 0 Å². The number of aryl methyl sites for hydroxylation is 1. The van der Waals surface area contributed by atoms with Crippen molar-refractivity contribution in [2.75, 3.05) is 19.0 Å². The van der Waals surface area contributed by atoms with Crippen LogP contribution in [0.25, 0.3) is 11.4 Å². The van der Waals surface area contributed by atoms with Crippen molar-refractivity contribution < 1.29 is 14.3 Å². The molecule has 0 bridgehead atoms. The molecule has 30 heavy (non-hydrogen) atoms. The average Bonchev–Trinajstić information content (AvgIpc) is 3.16. The highest BCUT2D eigenvalue weighted by Crippen LogP contribution is 2.37. The van der Waals surface area contributed by atoms with Crippen LogP contribution in [0.2, 0.25) is 0 Å². The molecule has 154 valence electrons. The third-order valence-electron chi connectivity index (χ3n) is 5.03. The molecular weight excluding hydrogens is 380 g/mol. The molecule has 0 fully saturated rings. The Balaban J connectivity index is 1.87. The zero-order valence-corrected chi connectivity index (χ0v) is 17.5. The Morgan fingerprint density at radius 3 is 2.70 bits per heavy atom. The first-order valence-electron chi connectivity index (χ1n) is 9.84. The molecule has 0 saturated carbocycles. The summed E-state index contributed by atoms with van der Waals surface area (Å²) in [6.07, 6.45) is 0. The van der Waals surface area contributed by atoms with Crippen LogP contribution in [0.1, 0.15) is 31.0 Å². The fraction of sp³-hybridized carbons (Fsp3) is 0.261. The highest BCUT2D eigenvalue weighted by atomic mass is 16.5. The number of nitrogens with zero attached hydrogens (tertiary/aromatic N) is 3. The molecule has 1 unspecified atom stereocenters. The van der Waals surface area contributed by atoms with Gasteiger partial charge in [0.15, 0.2) is 5.82 Å². The van der Waals surface area contributed by atoms with Crippen LogP contribution in [0.3, 0.4) is 0 Å². The topological polar surface area (TPSA) is 78.3 Å². The second-order valence-corrected chi connectivity index (χ2v) is 7.14. The Hall–Kier alpha value is -3.61. The van der Waals surface area contributed by atoms with Crippen molar-refractivity contribution >= 4 is 11.9 Å². The van der Waals surface area contributed by atoms with E-state index in [1.807, 2.05) is 62.4 Å². The zero-order valence-electron chi connectivity index (χ0n) is 17.5. The predicted octanol–water partition coefficient (Wildman–Crippen LogP) is 4.11. The number of anilines is 1. The van der Waals surface area contributed by atoms with Gasteiger partial charge in [-0.25, -0.2) is 9.48 Å². The van der Waals surface area contributed by atoms with Crippen molar-refractivity contribution in [1.29, 1.82) is 0 Å². The maximum absolute atomic E-state index is 12.9. The quantitative estimate of drug-likeness (QED) is 0.645. The van der Waals surface area contributed by atoms with Crippen molar-refractivity contribution in [3.8, 4) is 17.1 Å². The SMILES string of the molecule is CCOC(=O)C1=C(C)Nc2nc(-c3cccc(C)c3)nn2C1c1cccc(OC)c1. The van der Waals surface area contributed by atoms with Gasteiger partial charge in [-0.05, 0) is 44.5 Å². The van der Waals surface area contributed by atoms with Gasteiger partial charge in [0.05, 0.1) is 19.3 Å². The maximum Gasteiger partial charge on any atom is 0.338 e. The molecule has 0 aliphatic carbocycles. The summed E-state index contributed by atoms with van der Waals surface area (Å²) in [5.74, 6) is 1.48. The van der Waals surface area contributed by atoms with Crippen molar-refractivity contribution in [3.63, 3.8) is 0 Å². The number of hydrogen-bond acceptors (Lipinski definition) is 6. The molecule has 0 radical (unpaired) electrons. The number of hydrogen-bond donors (Lipinski definition) is 1. The fourth-order valence-electron chi connectivity index (χ4n) is 3.65. The van der Waals surface area contributed by atoms with Crippen LogP contribution < -0.4 is 10.1 Å². The predicted molar refractivity (Wildman–Crippen MR) is 114 cm³/mol. The monoisotopic (exact) mass is 404 g/mol. The van der Waals surface area contributed by atoms with E-state index in [4.69, 9.17) is 19.6 Å². The van der Waals surface area contributed by atoms with Crippen LogP contribution in [0.15, 0.2) is 59.8 Å². The molecule has 1 aliphatic rings. The summed E-state index contributed by atoms with van der Waals surface area (Å²) in [5.41, 5.74) is 4.09. The van der Waals surface area contributed by atoms with Gasteiger partial charge in [0, 0.05) is 11.3 Å². The van der Waals surface area contributed by atoms with Gasteiger partial charge in [0.2, 0.25) is 5.95 Å². The second kappa shape index (κ2) is 8.02. The van der Waals surface area contributed by atoms with Gasteiger partial charge >= 0.3 is 5.97 Å². The number of carbonyl (C=O) groups is 1. The Morgan fingerprint density at radius 2 is 1.97 bits per heavy atom. The number of rotatable bonds is 5. The lowest BCUT2D eigenvalue weighted by Gasteiger charge is -2.28. The Bertz CT molecular complexity index is 1130. The van der Waals surface area contributed by atoms with Crippen LogP contribution in [0.5, 0.6) is 5.75 Å². The number of ether oxygens (including phenoxy) is 2. The molecule has 1 aromatic heterocycles. The third kappa shape index (κ3) is 3.54. The van der Waals surface area contributed by atoms with Gasteiger partial charge in [-0.3, -0.25) is 0 Å². The standard InChI is InChI=1S/C23H24N4O3/c1-5-30-22(28)19-15(3)24-23-25-21(17-10-6-8-14(2)12-17)26-27(23)20(19)16-9-7-11-18(13-16)29-4/h6-13,20H,5H2,1-4H3,(H,24,25,26). The lowest BCUT2D eigenvalue weighted by molar-refractivity contribution is -0.139. The normalized spacial score (nSPS) is 15.4. The number of fused-ring (bicyclic) bond motifs is 1. The smallest absolute Gasteiger partial charge is 0.338 e. The summed E-state index contributed by atoms with van der Waals surface area (Å²) >= 11 is 0. The van der Waals surface area contributed by atoms with Gasteiger partial charge < -0.3 is 14.8 Å². The van der Waals surface area contributed by atoms with E-state index in [0.717, 1.165) is 16.7 Å². The molecule has 1 atom stereocenters. The van der Waals surface area contributed by atoms with E-state index in [1.54, 1.807) is 18.7 Å². The maximum atomic E-state index is 12.9. The Morgan fingerprint density at radius 1 is 1.17 bits per heavy atom. The molecule has 0 saturated heterocycles. The van der Waals surface area contributed by atoms with Crippen LogP contribution in [-0.4, -0.2) is 34.5 Å². The first-order valence-corrected chi connectivity index (χ1v) is 9.84. The second-order valence-electron chi connectivity index (χ2n) is 7.14. The summed E-state index contributed by atoms with van der Waals surface area (Å²) < 4.78 is 12.5. The summed E-state index contributed by atoms with van der Waals surface area (Å²) in [6, 6.07) is 15.1. The van der Waals surface area contributed by atoms with Crippen molar-refractivity contribution in [2.24, 2.45) is 0 Å². The minimum Gasteiger partial charge on any atom is -0.497 e. The summed E-state index contributed by atoms with van der Waals surface area (Å²) in [7, 11) is 1.62. The Kier molecular flexibility index (Phi) is 5.27. The molecular formula is C23H24N4O3. The Labute approximate surface area is 175 Å². The molecule has 7 nitrogen and oxygen atoms in total. The number of nitrogens with one attached hydrogen (secondary N) is 1. The number of aromatic nitrogens is 3. The first kappa shape index (κ1) is 19.7. The third-order valence-corrected chi connectivity index (χ3v) is 5.03. The van der Waals surface area contributed by atoms with E-state index >= 15 is 0 Å². The van der Waals surface area contributed by atoms with E-state index in [0.29, 0.717) is 35.4 Å². The van der Waals surface area contributed by atoms with E-state index in [1.165, 1.54) is 0 Å². The minimum atomic E-state index is -0.485. The molecule has 4 rings (SSSR count). The lowest BCUT2D eigenvalue weighted by Crippen LogP contribution is -2.29. The number of methoxy groups -OCH3 is 1. The van der Waals surface area contributed by atoms with Gasteiger partial charge in [0.25, 0.3) is 0 Å². The molecule has 0 amide bonds. The summed E-state index contributed by atoms with van der Waals surface area (Å²) in [6.45, 7) is 5.96. The molecule has 3 aromatic rings. The molecule has 1 N–H and O–H groups in total. The van der Waals surface area contributed by atoms with Crippen LogP contribution in [0.4, 0.5) is 5.95 Å². The van der Waals surface area contributed by atoms with Gasteiger partial charge in [0.1, 0.15) is 11.8 Å². The van der Waals surface area contributed by atoms with E-state index < -0.39 is 6.04 Å². The largest absolute Gasteiger partial charge is 0.497 e. The van der Waals surface area contributed by atoms with E-state index in [-0.39, 0.29) is 5.97 Å². The number of carbonyl (C=O) groups excluding carboxylic acids is 1. The lowest BCUT2D eigenvalue weighted by atomic mass is 9.95. The summed E-state index contributed by atoms with van der Waals surface area (Å²) in [4.78, 5) is 17.6. The van der Waals surface area contributed by atoms with Crippen molar-refractivity contribution in [3.05, 3.63) is 70.9 Å². The molecule has 1 aliphatic heterocycles. The number of benzene rings is 2. The van der Waals surface area contributed by atoms with Gasteiger partial charge in [-0.1, -0.05) is 35.9 Å². The van der Waals surface area contributed by atoms with Crippen molar-refractivity contribution in [1.82, 2.24) is 14.8 Å². The fourth-order valence-corrected chi connectivity index (χ4v) is 3.65. The van der Waals surface area contributed by atoms with E-state index in [9.17, 15) is 4.79 Å². The minimum absolute atomic E-state index is 0.291. The van der Waals surface area contributed by atoms with Gasteiger partial charge in [-0.2, -0.15) is 4.98 Å². The molecule has 7 heteroatoms. The van der Waals surface area contributed by atoms with Crippen LogP contribution in [-0.2, 0) is 9.53 Å². The molecule has 2 heterocycles. The highest BCUT2D eigenvalue weighted by Gasteiger charge is 2.35. The number of esters is 1. The zero-order chi connectivity index (χ0) is 21.3. The van der Waals surface area contributed by atoms with Crippen LogP contribution in [0, 0.1) is 6.92 Å².